The van der Waals surface area contributed by atoms with Crippen molar-refractivity contribution in [3.8, 4) is 6.07 Å². The molecule has 1 aliphatic rings. The number of pyridine rings is 1. The van der Waals surface area contributed by atoms with Crippen LogP contribution in [0.5, 0.6) is 0 Å². The predicted octanol–water partition coefficient (Wildman–Crippen LogP) is 0.706. The lowest BCUT2D eigenvalue weighted by Gasteiger charge is -2.35. The van der Waals surface area contributed by atoms with Crippen LogP contribution in [0.2, 0.25) is 0 Å². The van der Waals surface area contributed by atoms with Crippen LogP contribution in [-0.4, -0.2) is 51.9 Å². The molecule has 1 saturated heterocycles. The molecular weight excluding hydrogens is 280 g/mol. The first-order valence-electron chi connectivity index (χ1n) is 6.95. The van der Waals surface area contributed by atoms with Gasteiger partial charge >= 0.3 is 0 Å². The Kier molecular flexibility index (Phi) is 3.92. The number of hydrogen-bond donors (Lipinski definition) is 0. The average Bonchev–Trinajstić information content (AvgIpc) is 2.62. The van der Waals surface area contributed by atoms with E-state index < -0.39 is 0 Å². The van der Waals surface area contributed by atoms with Crippen LogP contribution in [-0.2, 0) is 0 Å². The van der Waals surface area contributed by atoms with Crippen molar-refractivity contribution in [2.24, 2.45) is 0 Å². The lowest BCUT2D eigenvalue weighted by Crippen LogP contribution is -2.49. The van der Waals surface area contributed by atoms with Gasteiger partial charge in [0.05, 0.1) is 5.56 Å². The molecule has 0 saturated carbocycles. The summed E-state index contributed by atoms with van der Waals surface area (Å²) in [5, 5.41) is 9.09. The largest absolute Gasteiger partial charge is 0.351 e. The average molecular weight is 294 g/mol. The van der Waals surface area contributed by atoms with E-state index in [1.807, 2.05) is 11.0 Å². The Morgan fingerprint density at radius 3 is 2.59 bits per heavy atom. The summed E-state index contributed by atoms with van der Waals surface area (Å²) in [7, 11) is 0. The molecule has 0 spiro atoms. The van der Waals surface area contributed by atoms with Gasteiger partial charge in [0, 0.05) is 51.0 Å². The minimum atomic E-state index is -0.0209. The van der Waals surface area contributed by atoms with Gasteiger partial charge in [0.2, 0.25) is 0 Å². The minimum Gasteiger partial charge on any atom is -0.351 e. The second-order valence-corrected chi connectivity index (χ2v) is 4.86. The number of nitriles is 1. The Balaban J connectivity index is 1.68. The van der Waals surface area contributed by atoms with Crippen LogP contribution < -0.4 is 4.90 Å². The smallest absolute Gasteiger partial charge is 0.255 e. The molecule has 0 unspecified atom stereocenters. The molecule has 0 bridgehead atoms. The van der Waals surface area contributed by atoms with Gasteiger partial charge in [0.25, 0.3) is 5.91 Å². The van der Waals surface area contributed by atoms with Gasteiger partial charge in [-0.25, -0.2) is 9.97 Å². The second-order valence-electron chi connectivity index (χ2n) is 4.86. The summed E-state index contributed by atoms with van der Waals surface area (Å²) in [6, 6.07) is 5.56. The van der Waals surface area contributed by atoms with Crippen molar-refractivity contribution in [2.45, 2.75) is 0 Å². The van der Waals surface area contributed by atoms with Crippen molar-refractivity contribution in [2.75, 3.05) is 31.1 Å². The molecule has 1 amide bonds. The summed E-state index contributed by atoms with van der Waals surface area (Å²) in [4.78, 5) is 28.3. The third kappa shape index (κ3) is 2.72. The van der Waals surface area contributed by atoms with Crippen molar-refractivity contribution in [3.63, 3.8) is 0 Å². The highest BCUT2D eigenvalue weighted by Crippen LogP contribution is 2.17. The molecule has 0 aliphatic carbocycles. The standard InChI is InChI=1S/C15H14N6O/c16-10-13-14(19-5-4-18-13)20-6-8-21(9-7-20)15(22)12-2-1-3-17-11-12/h1-5,11H,6-9H2. The normalized spacial score (nSPS) is 14.5. The molecule has 0 atom stereocenters. The SMILES string of the molecule is N#Cc1nccnc1N1CCN(C(=O)c2cccnc2)CC1. The predicted molar refractivity (Wildman–Crippen MR) is 79.1 cm³/mol. The number of carbonyl (C=O) groups excluding carboxylic acids is 1. The Labute approximate surface area is 127 Å². The first kappa shape index (κ1) is 13.9. The maximum atomic E-state index is 12.4. The fourth-order valence-electron chi connectivity index (χ4n) is 2.43. The highest BCUT2D eigenvalue weighted by Gasteiger charge is 2.24. The number of anilines is 1. The van der Waals surface area contributed by atoms with Crippen molar-refractivity contribution in [1.29, 1.82) is 5.26 Å². The molecule has 1 fully saturated rings. The van der Waals surface area contributed by atoms with Crippen molar-refractivity contribution in [1.82, 2.24) is 19.9 Å². The molecule has 3 rings (SSSR count). The maximum absolute atomic E-state index is 12.4. The number of piperazine rings is 1. The molecule has 0 radical (unpaired) electrons. The van der Waals surface area contributed by atoms with Gasteiger partial charge in [-0.05, 0) is 12.1 Å². The Morgan fingerprint density at radius 2 is 1.91 bits per heavy atom. The lowest BCUT2D eigenvalue weighted by atomic mass is 10.2. The van der Waals surface area contributed by atoms with E-state index in [-0.39, 0.29) is 5.91 Å². The molecule has 2 aromatic heterocycles. The molecule has 7 heteroatoms. The summed E-state index contributed by atoms with van der Waals surface area (Å²) < 4.78 is 0. The molecule has 2 aromatic rings. The van der Waals surface area contributed by atoms with E-state index in [0.29, 0.717) is 43.3 Å². The summed E-state index contributed by atoms with van der Waals surface area (Å²) in [6.07, 6.45) is 6.30. The van der Waals surface area contributed by atoms with Gasteiger partial charge in [0.1, 0.15) is 6.07 Å². The zero-order valence-corrected chi connectivity index (χ0v) is 11.9. The molecule has 0 aromatic carbocycles. The van der Waals surface area contributed by atoms with Gasteiger partial charge in [-0.1, -0.05) is 0 Å². The minimum absolute atomic E-state index is 0.0209. The highest BCUT2D eigenvalue weighted by atomic mass is 16.2. The molecule has 22 heavy (non-hydrogen) atoms. The number of amides is 1. The van der Waals surface area contributed by atoms with E-state index in [2.05, 4.69) is 15.0 Å². The van der Waals surface area contributed by atoms with Crippen LogP contribution in [0.3, 0.4) is 0 Å². The molecule has 0 N–H and O–H groups in total. The van der Waals surface area contributed by atoms with E-state index in [1.54, 1.807) is 35.6 Å². The fraction of sp³-hybridized carbons (Fsp3) is 0.267. The monoisotopic (exact) mass is 294 g/mol. The molecule has 3 heterocycles. The van der Waals surface area contributed by atoms with Crippen molar-refractivity contribution in [3.05, 3.63) is 48.2 Å². The van der Waals surface area contributed by atoms with Gasteiger partial charge in [0.15, 0.2) is 11.5 Å². The fourth-order valence-corrected chi connectivity index (χ4v) is 2.43. The van der Waals surface area contributed by atoms with E-state index in [9.17, 15) is 4.79 Å². The first-order chi connectivity index (χ1) is 10.8. The zero-order chi connectivity index (χ0) is 15.4. The second kappa shape index (κ2) is 6.18. The zero-order valence-electron chi connectivity index (χ0n) is 11.9. The van der Waals surface area contributed by atoms with Gasteiger partial charge in [-0.15, -0.1) is 0 Å². The Hall–Kier alpha value is -3.01. The third-order valence-corrected chi connectivity index (χ3v) is 3.56. The van der Waals surface area contributed by atoms with E-state index in [4.69, 9.17) is 5.26 Å². The summed E-state index contributed by atoms with van der Waals surface area (Å²) in [5.41, 5.74) is 0.905. The Morgan fingerprint density at radius 1 is 1.14 bits per heavy atom. The third-order valence-electron chi connectivity index (χ3n) is 3.56. The van der Waals surface area contributed by atoms with Crippen LogP contribution in [0.4, 0.5) is 5.82 Å². The Bertz CT molecular complexity index is 703. The van der Waals surface area contributed by atoms with Crippen LogP contribution in [0.15, 0.2) is 36.9 Å². The van der Waals surface area contributed by atoms with Crippen LogP contribution in [0.25, 0.3) is 0 Å². The number of rotatable bonds is 2. The molecule has 1 aliphatic heterocycles. The first-order valence-corrected chi connectivity index (χ1v) is 6.95. The van der Waals surface area contributed by atoms with E-state index in [1.165, 1.54) is 6.20 Å². The number of aromatic nitrogens is 3. The van der Waals surface area contributed by atoms with Crippen molar-refractivity contribution < 1.29 is 4.79 Å². The number of hydrogen-bond acceptors (Lipinski definition) is 6. The van der Waals surface area contributed by atoms with Crippen LogP contribution in [0, 0.1) is 11.3 Å². The molecule has 7 nitrogen and oxygen atoms in total. The van der Waals surface area contributed by atoms with Gasteiger partial charge < -0.3 is 9.80 Å². The topological polar surface area (TPSA) is 86.0 Å². The van der Waals surface area contributed by atoms with Crippen LogP contribution >= 0.6 is 0 Å². The summed E-state index contributed by atoms with van der Waals surface area (Å²) >= 11 is 0. The summed E-state index contributed by atoms with van der Waals surface area (Å²) in [6.45, 7) is 2.41. The van der Waals surface area contributed by atoms with Gasteiger partial charge in [-0.2, -0.15) is 5.26 Å². The van der Waals surface area contributed by atoms with E-state index in [0.717, 1.165) is 0 Å². The lowest BCUT2D eigenvalue weighted by molar-refractivity contribution is 0.0746. The highest BCUT2D eigenvalue weighted by molar-refractivity contribution is 5.94. The number of carbonyl (C=O) groups is 1. The maximum Gasteiger partial charge on any atom is 0.255 e. The van der Waals surface area contributed by atoms with Crippen LogP contribution in [0.1, 0.15) is 16.1 Å². The quantitative estimate of drug-likeness (QED) is 0.810. The van der Waals surface area contributed by atoms with Gasteiger partial charge in [-0.3, -0.25) is 9.78 Å². The number of nitrogens with zero attached hydrogens (tertiary/aromatic N) is 6. The molecule has 110 valence electrons. The van der Waals surface area contributed by atoms with E-state index >= 15 is 0 Å². The van der Waals surface area contributed by atoms with Crippen molar-refractivity contribution >= 4 is 11.7 Å². The summed E-state index contributed by atoms with van der Waals surface area (Å²) in [5.74, 6) is 0.561. The molecular formula is C15H14N6O.